The summed E-state index contributed by atoms with van der Waals surface area (Å²) in [7, 11) is 0. The molecule has 1 aromatic rings. The van der Waals surface area contributed by atoms with E-state index < -0.39 is 17.4 Å². The van der Waals surface area contributed by atoms with Crippen LogP contribution in [0.4, 0.5) is 18.0 Å². The molecule has 0 saturated carbocycles. The number of piperidine rings is 2. The summed E-state index contributed by atoms with van der Waals surface area (Å²) in [5, 5.41) is 6.84. The number of hydrogen-bond donors (Lipinski definition) is 2. The average molecular weight is 555 g/mol. The van der Waals surface area contributed by atoms with Crippen LogP contribution in [0, 0.1) is 5.92 Å². The third kappa shape index (κ3) is 5.33. The van der Waals surface area contributed by atoms with Crippen molar-refractivity contribution in [1.29, 1.82) is 0 Å². The van der Waals surface area contributed by atoms with E-state index in [4.69, 9.17) is 9.73 Å². The van der Waals surface area contributed by atoms with Gasteiger partial charge in [-0.05, 0) is 62.1 Å². The minimum absolute atomic E-state index is 0.0608. The van der Waals surface area contributed by atoms with Crippen LogP contribution < -0.4 is 15.4 Å². The molecule has 11 heteroatoms. The molecule has 212 valence electrons. The molecule has 5 aliphatic rings. The Bertz CT molecular complexity index is 1280. The van der Waals surface area contributed by atoms with Crippen molar-refractivity contribution in [2.45, 2.75) is 50.0 Å². The summed E-state index contributed by atoms with van der Waals surface area (Å²) in [5.74, 6) is 1.56. The van der Waals surface area contributed by atoms with Gasteiger partial charge in [0.1, 0.15) is 11.6 Å². The Balaban J connectivity index is 0.966. The first kappa shape index (κ1) is 26.5. The summed E-state index contributed by atoms with van der Waals surface area (Å²) < 4.78 is 44.1. The van der Waals surface area contributed by atoms with Crippen molar-refractivity contribution in [3.8, 4) is 5.75 Å². The molecule has 0 radical (unpaired) electrons. The Morgan fingerprint density at radius 3 is 2.70 bits per heavy atom. The number of hydrogen-bond acceptors (Lipinski definition) is 6. The molecule has 2 amide bonds. The number of allylic oxidation sites excluding steroid dienone is 2. The summed E-state index contributed by atoms with van der Waals surface area (Å²) in [4.78, 5) is 26.5. The molecule has 2 atom stereocenters. The van der Waals surface area contributed by atoms with E-state index in [0.29, 0.717) is 25.4 Å². The molecule has 8 nitrogen and oxygen atoms in total. The number of nitrogens with zero attached hydrogens (tertiary/aromatic N) is 4. The predicted molar refractivity (Wildman–Crippen MR) is 146 cm³/mol. The minimum Gasteiger partial charge on any atom is -0.493 e. The van der Waals surface area contributed by atoms with Crippen molar-refractivity contribution in [2.24, 2.45) is 15.9 Å². The van der Waals surface area contributed by atoms with Crippen LogP contribution in [0.5, 0.6) is 5.75 Å². The van der Waals surface area contributed by atoms with Crippen LogP contribution in [0.2, 0.25) is 0 Å². The van der Waals surface area contributed by atoms with Crippen molar-refractivity contribution >= 4 is 18.0 Å². The first-order valence-electron chi connectivity index (χ1n) is 13.9. The Hall–Kier alpha value is -3.76. The molecule has 2 unspecified atom stereocenters. The van der Waals surface area contributed by atoms with Crippen LogP contribution in [0.3, 0.4) is 0 Å². The largest absolute Gasteiger partial charge is 0.493 e. The molecule has 2 fully saturated rings. The second-order valence-electron chi connectivity index (χ2n) is 10.9. The molecule has 2 saturated heterocycles. The zero-order valence-electron chi connectivity index (χ0n) is 22.2. The van der Waals surface area contributed by atoms with Crippen LogP contribution in [0.1, 0.15) is 37.7 Å². The highest BCUT2D eigenvalue weighted by molar-refractivity contribution is 6.10. The summed E-state index contributed by atoms with van der Waals surface area (Å²) in [6, 6.07) is 4.77. The number of halogens is 3. The number of dihydropyridines is 1. The third-order valence-corrected chi connectivity index (χ3v) is 8.26. The first-order chi connectivity index (χ1) is 19.3. The SMILES string of the molecule is O=C(NC1CCN(C2=CC=C3C=CN=C4CC=NC34N2)CC1)N1CCCC(COc2ccc(C(F)(F)F)cc2)C1. The molecular weight excluding hydrogens is 521 g/mol. The van der Waals surface area contributed by atoms with Gasteiger partial charge in [0.25, 0.3) is 0 Å². The Kier molecular flexibility index (Phi) is 7.06. The summed E-state index contributed by atoms with van der Waals surface area (Å²) in [5.41, 5.74) is 0.836. The maximum Gasteiger partial charge on any atom is 0.416 e. The molecule has 0 aromatic heterocycles. The smallest absolute Gasteiger partial charge is 0.416 e. The van der Waals surface area contributed by atoms with E-state index >= 15 is 0 Å². The lowest BCUT2D eigenvalue weighted by atomic mass is 9.90. The molecule has 6 rings (SSSR count). The fourth-order valence-corrected chi connectivity index (χ4v) is 6.01. The number of aliphatic imine (C=N–C) groups is 2. The zero-order chi connectivity index (χ0) is 27.7. The molecule has 1 aromatic carbocycles. The number of carbonyl (C=O) groups is 1. The number of amides is 2. The Morgan fingerprint density at radius 1 is 1.12 bits per heavy atom. The number of nitrogens with one attached hydrogen (secondary N) is 2. The monoisotopic (exact) mass is 554 g/mol. The van der Waals surface area contributed by atoms with Gasteiger partial charge in [-0.15, -0.1) is 0 Å². The highest BCUT2D eigenvalue weighted by Gasteiger charge is 2.44. The van der Waals surface area contributed by atoms with E-state index in [2.05, 4.69) is 32.7 Å². The van der Waals surface area contributed by atoms with Crippen LogP contribution in [0.15, 0.2) is 70.1 Å². The van der Waals surface area contributed by atoms with E-state index in [1.54, 1.807) is 0 Å². The lowest BCUT2D eigenvalue weighted by Crippen LogP contribution is -2.56. The number of ether oxygens (including phenoxy) is 1. The zero-order valence-corrected chi connectivity index (χ0v) is 22.2. The van der Waals surface area contributed by atoms with Crippen LogP contribution >= 0.6 is 0 Å². The van der Waals surface area contributed by atoms with Crippen molar-refractivity contribution in [3.05, 3.63) is 65.7 Å². The lowest BCUT2D eigenvalue weighted by molar-refractivity contribution is -0.137. The van der Waals surface area contributed by atoms with Crippen molar-refractivity contribution < 1.29 is 22.7 Å². The Labute approximate surface area is 231 Å². The van der Waals surface area contributed by atoms with Gasteiger partial charge in [-0.25, -0.2) is 4.79 Å². The number of rotatable bonds is 5. The second kappa shape index (κ2) is 10.7. The topological polar surface area (TPSA) is 81.6 Å². The van der Waals surface area contributed by atoms with E-state index in [9.17, 15) is 18.0 Å². The number of benzene rings is 1. The average Bonchev–Trinajstić information content (AvgIpc) is 3.38. The molecule has 1 spiro atoms. The molecular formula is C29H33F3N6O2. The van der Waals surface area contributed by atoms with E-state index in [1.165, 1.54) is 12.1 Å². The van der Waals surface area contributed by atoms with Crippen LogP contribution in [-0.4, -0.2) is 72.2 Å². The van der Waals surface area contributed by atoms with Crippen molar-refractivity contribution in [2.75, 3.05) is 32.8 Å². The third-order valence-electron chi connectivity index (χ3n) is 8.26. The molecule has 5 aliphatic heterocycles. The molecule has 40 heavy (non-hydrogen) atoms. The first-order valence-corrected chi connectivity index (χ1v) is 13.9. The normalized spacial score (nSPS) is 26.3. The summed E-state index contributed by atoms with van der Waals surface area (Å²) >= 11 is 0. The van der Waals surface area contributed by atoms with Gasteiger partial charge >= 0.3 is 12.2 Å². The standard InChI is InChI=1S/C29H33F3N6O2/c30-29(31,32)22-3-6-24(7-4-22)40-19-20-2-1-15-38(18-20)27(39)35-23-11-16-37(17-12-23)26-8-5-21-9-13-33-25-10-14-34-28(21,25)36-26/h3-9,13-14,20,23,36H,1-2,10-12,15-19H2,(H,35,39). The maximum absolute atomic E-state index is 13.1. The van der Waals surface area contributed by atoms with Gasteiger partial charge < -0.3 is 25.2 Å². The van der Waals surface area contributed by atoms with Gasteiger partial charge in [0.2, 0.25) is 0 Å². The van der Waals surface area contributed by atoms with Gasteiger partial charge in [-0.1, -0.05) is 6.08 Å². The minimum atomic E-state index is -4.37. The van der Waals surface area contributed by atoms with E-state index in [0.717, 1.165) is 74.4 Å². The highest BCUT2D eigenvalue weighted by Crippen LogP contribution is 2.35. The molecule has 5 heterocycles. The van der Waals surface area contributed by atoms with E-state index in [1.807, 2.05) is 23.4 Å². The maximum atomic E-state index is 13.1. The number of likely N-dealkylation sites (tertiary alicyclic amines) is 2. The van der Waals surface area contributed by atoms with Crippen molar-refractivity contribution in [3.63, 3.8) is 0 Å². The highest BCUT2D eigenvalue weighted by atomic mass is 19.4. The van der Waals surface area contributed by atoms with Crippen LogP contribution in [0.25, 0.3) is 0 Å². The van der Waals surface area contributed by atoms with Gasteiger partial charge in [0, 0.05) is 62.5 Å². The van der Waals surface area contributed by atoms with Gasteiger partial charge in [-0.2, -0.15) is 13.2 Å². The second-order valence-corrected chi connectivity index (χ2v) is 10.9. The van der Waals surface area contributed by atoms with Gasteiger partial charge in [0.15, 0.2) is 5.66 Å². The van der Waals surface area contributed by atoms with Gasteiger partial charge in [-0.3, -0.25) is 9.98 Å². The van der Waals surface area contributed by atoms with Crippen molar-refractivity contribution in [1.82, 2.24) is 20.4 Å². The lowest BCUT2D eigenvalue weighted by Gasteiger charge is -2.42. The number of carbonyl (C=O) groups excluding carboxylic acids is 1. The fraction of sp³-hybridized carbons (Fsp3) is 0.483. The molecule has 0 bridgehead atoms. The predicted octanol–water partition coefficient (Wildman–Crippen LogP) is 4.48. The molecule has 2 N–H and O–H groups in total. The van der Waals surface area contributed by atoms with Gasteiger partial charge in [0.05, 0.1) is 17.9 Å². The molecule has 0 aliphatic carbocycles. The Morgan fingerprint density at radius 2 is 1.93 bits per heavy atom. The van der Waals surface area contributed by atoms with E-state index in [-0.39, 0.29) is 18.0 Å². The summed E-state index contributed by atoms with van der Waals surface area (Å²) in [6.07, 6.45) is 9.80. The fourth-order valence-electron chi connectivity index (χ4n) is 6.01. The number of urea groups is 1. The van der Waals surface area contributed by atoms with Crippen LogP contribution in [-0.2, 0) is 6.18 Å². The summed E-state index contributed by atoms with van der Waals surface area (Å²) in [6.45, 7) is 3.25. The number of alkyl halides is 3. The quantitative estimate of drug-likeness (QED) is 0.563.